The lowest BCUT2D eigenvalue weighted by atomic mass is 10.2. The third-order valence-electron chi connectivity index (χ3n) is 3.94. The summed E-state index contributed by atoms with van der Waals surface area (Å²) in [4.78, 5) is 16.3. The molecule has 1 aliphatic rings. The molecule has 1 heterocycles. The smallest absolute Gasteiger partial charge is 0.260 e. The van der Waals surface area contributed by atoms with Crippen LogP contribution in [0.5, 0.6) is 5.75 Å². The first-order valence-electron chi connectivity index (χ1n) is 7.96. The van der Waals surface area contributed by atoms with E-state index in [1.807, 2.05) is 48.0 Å². The minimum atomic E-state index is -0.0312. The van der Waals surface area contributed by atoms with Gasteiger partial charge >= 0.3 is 0 Å². The summed E-state index contributed by atoms with van der Waals surface area (Å²) in [6, 6.07) is 7.65. The molecule has 1 aromatic rings. The van der Waals surface area contributed by atoms with Gasteiger partial charge in [-0.05, 0) is 26.1 Å². The first-order chi connectivity index (χ1) is 11.1. The lowest BCUT2D eigenvalue weighted by Gasteiger charge is -2.37. The summed E-state index contributed by atoms with van der Waals surface area (Å²) in [7, 11) is 1.93. The predicted molar refractivity (Wildman–Crippen MR) is 87.6 cm³/mol. The maximum absolute atomic E-state index is 12.5. The third-order valence-corrected chi connectivity index (χ3v) is 3.94. The van der Waals surface area contributed by atoms with Crippen LogP contribution in [0.1, 0.15) is 5.56 Å². The van der Waals surface area contributed by atoms with Crippen LogP contribution in [0, 0.1) is 6.92 Å². The van der Waals surface area contributed by atoms with Gasteiger partial charge < -0.3 is 24.4 Å². The second-order valence-corrected chi connectivity index (χ2v) is 5.90. The fourth-order valence-corrected chi connectivity index (χ4v) is 2.62. The van der Waals surface area contributed by atoms with Gasteiger partial charge in [-0.15, -0.1) is 0 Å². The van der Waals surface area contributed by atoms with Crippen molar-refractivity contribution in [2.45, 2.75) is 13.0 Å². The number of aryl methyl sites for hydroxylation is 1. The number of aliphatic hydroxyl groups is 1. The summed E-state index contributed by atoms with van der Waals surface area (Å²) in [5.74, 6) is 0.669. The lowest BCUT2D eigenvalue weighted by molar-refractivity contribution is -0.142. The number of benzene rings is 1. The van der Waals surface area contributed by atoms with E-state index in [1.165, 1.54) is 0 Å². The summed E-state index contributed by atoms with van der Waals surface area (Å²) in [6.45, 7) is 5.06. The molecule has 1 N–H and O–H groups in total. The second kappa shape index (κ2) is 8.86. The molecule has 6 nitrogen and oxygen atoms in total. The normalized spacial score (nSPS) is 18.3. The molecule has 1 unspecified atom stereocenters. The number of rotatable bonds is 7. The van der Waals surface area contributed by atoms with Crippen LogP contribution < -0.4 is 4.74 Å². The quantitative estimate of drug-likeness (QED) is 0.793. The minimum Gasteiger partial charge on any atom is -0.484 e. The number of hydrogen-bond donors (Lipinski definition) is 1. The van der Waals surface area contributed by atoms with Crippen molar-refractivity contribution in [3.8, 4) is 5.75 Å². The molecule has 2 rings (SSSR count). The van der Waals surface area contributed by atoms with Crippen molar-refractivity contribution in [3.63, 3.8) is 0 Å². The molecule has 1 aromatic carbocycles. The molecule has 0 saturated carbocycles. The van der Waals surface area contributed by atoms with E-state index in [4.69, 9.17) is 14.6 Å². The molecule has 1 aliphatic heterocycles. The van der Waals surface area contributed by atoms with Crippen LogP contribution in [0.2, 0.25) is 0 Å². The van der Waals surface area contributed by atoms with Crippen LogP contribution >= 0.6 is 0 Å². The molecular formula is C17H26N2O4. The van der Waals surface area contributed by atoms with Crippen LogP contribution in [-0.4, -0.2) is 80.0 Å². The SMILES string of the molecule is Cc1ccc(OCC(=O)N2CCOCC2CN(C)CCO)cc1. The van der Waals surface area contributed by atoms with Gasteiger partial charge in [-0.25, -0.2) is 0 Å². The molecule has 128 valence electrons. The van der Waals surface area contributed by atoms with Crippen molar-refractivity contribution in [3.05, 3.63) is 29.8 Å². The fraction of sp³-hybridized carbons (Fsp3) is 0.588. The molecule has 1 atom stereocenters. The highest BCUT2D eigenvalue weighted by Crippen LogP contribution is 2.13. The Kier molecular flexibility index (Phi) is 6.83. The summed E-state index contributed by atoms with van der Waals surface area (Å²) in [5, 5.41) is 9.00. The first kappa shape index (κ1) is 17.7. The number of morpholine rings is 1. The number of hydrogen-bond acceptors (Lipinski definition) is 5. The van der Waals surface area contributed by atoms with Gasteiger partial charge in [-0.1, -0.05) is 17.7 Å². The van der Waals surface area contributed by atoms with E-state index in [2.05, 4.69) is 0 Å². The van der Waals surface area contributed by atoms with E-state index in [0.717, 1.165) is 5.56 Å². The Morgan fingerprint density at radius 1 is 1.43 bits per heavy atom. The van der Waals surface area contributed by atoms with E-state index in [9.17, 15) is 4.79 Å². The zero-order valence-corrected chi connectivity index (χ0v) is 13.9. The van der Waals surface area contributed by atoms with Gasteiger partial charge in [0.1, 0.15) is 5.75 Å². The van der Waals surface area contributed by atoms with Crippen molar-refractivity contribution in [2.24, 2.45) is 0 Å². The zero-order valence-electron chi connectivity index (χ0n) is 13.9. The van der Waals surface area contributed by atoms with Gasteiger partial charge in [-0.2, -0.15) is 0 Å². The topological polar surface area (TPSA) is 62.2 Å². The van der Waals surface area contributed by atoms with Gasteiger partial charge in [0.25, 0.3) is 5.91 Å². The molecular weight excluding hydrogens is 296 g/mol. The second-order valence-electron chi connectivity index (χ2n) is 5.90. The Labute approximate surface area is 137 Å². The van der Waals surface area contributed by atoms with Crippen molar-refractivity contribution >= 4 is 5.91 Å². The van der Waals surface area contributed by atoms with Gasteiger partial charge in [0, 0.05) is 19.6 Å². The van der Waals surface area contributed by atoms with Crippen LogP contribution in [0.3, 0.4) is 0 Å². The standard InChI is InChI=1S/C17H26N2O4/c1-14-3-5-16(6-4-14)23-13-17(21)19-8-10-22-12-15(19)11-18(2)7-9-20/h3-6,15,20H,7-13H2,1-2H3. The van der Waals surface area contributed by atoms with E-state index in [0.29, 0.717) is 38.6 Å². The van der Waals surface area contributed by atoms with Crippen molar-refractivity contribution in [1.82, 2.24) is 9.80 Å². The monoisotopic (exact) mass is 322 g/mol. The van der Waals surface area contributed by atoms with Crippen LogP contribution in [0.15, 0.2) is 24.3 Å². The molecule has 23 heavy (non-hydrogen) atoms. The average Bonchev–Trinajstić information content (AvgIpc) is 2.55. The Balaban J connectivity index is 1.88. The summed E-state index contributed by atoms with van der Waals surface area (Å²) >= 11 is 0. The van der Waals surface area contributed by atoms with Gasteiger partial charge in [0.15, 0.2) is 6.61 Å². The largest absolute Gasteiger partial charge is 0.484 e. The highest BCUT2D eigenvalue weighted by atomic mass is 16.5. The molecule has 0 bridgehead atoms. The van der Waals surface area contributed by atoms with Crippen molar-refractivity contribution in [1.29, 1.82) is 0 Å². The Morgan fingerprint density at radius 2 is 2.17 bits per heavy atom. The van der Waals surface area contributed by atoms with Crippen molar-refractivity contribution in [2.75, 3.05) is 53.1 Å². The molecule has 0 aromatic heterocycles. The highest BCUT2D eigenvalue weighted by molar-refractivity contribution is 5.78. The Bertz CT molecular complexity index is 492. The minimum absolute atomic E-state index is 0.00517. The fourth-order valence-electron chi connectivity index (χ4n) is 2.62. The number of carbonyl (C=O) groups is 1. The molecule has 0 radical (unpaired) electrons. The van der Waals surface area contributed by atoms with E-state index in [-0.39, 0.29) is 25.2 Å². The highest BCUT2D eigenvalue weighted by Gasteiger charge is 2.28. The Hall–Kier alpha value is -1.63. The number of likely N-dealkylation sites (N-methyl/N-ethyl adjacent to an activating group) is 1. The maximum Gasteiger partial charge on any atom is 0.260 e. The number of amides is 1. The number of nitrogens with zero attached hydrogens (tertiary/aromatic N) is 2. The number of carbonyl (C=O) groups excluding carboxylic acids is 1. The number of aliphatic hydroxyl groups excluding tert-OH is 1. The van der Waals surface area contributed by atoms with Crippen molar-refractivity contribution < 1.29 is 19.4 Å². The summed E-state index contributed by atoms with van der Waals surface area (Å²) in [6.07, 6.45) is 0. The summed E-state index contributed by atoms with van der Waals surface area (Å²) < 4.78 is 11.1. The van der Waals surface area contributed by atoms with Crippen LogP contribution in [0.25, 0.3) is 0 Å². The molecule has 1 saturated heterocycles. The van der Waals surface area contributed by atoms with E-state index in [1.54, 1.807) is 0 Å². The molecule has 6 heteroatoms. The lowest BCUT2D eigenvalue weighted by Crippen LogP contribution is -2.54. The van der Waals surface area contributed by atoms with Gasteiger partial charge in [0.2, 0.25) is 0 Å². The third kappa shape index (κ3) is 5.49. The zero-order chi connectivity index (χ0) is 16.7. The average molecular weight is 322 g/mol. The molecule has 0 spiro atoms. The predicted octanol–water partition coefficient (Wildman–Crippen LogP) is 0.525. The summed E-state index contributed by atoms with van der Waals surface area (Å²) in [5.41, 5.74) is 1.16. The Morgan fingerprint density at radius 3 is 2.87 bits per heavy atom. The van der Waals surface area contributed by atoms with Gasteiger partial charge in [0.05, 0.1) is 25.9 Å². The first-order valence-corrected chi connectivity index (χ1v) is 7.96. The molecule has 1 fully saturated rings. The number of ether oxygens (including phenoxy) is 2. The van der Waals surface area contributed by atoms with Crippen LogP contribution in [0.4, 0.5) is 0 Å². The maximum atomic E-state index is 12.5. The van der Waals surface area contributed by atoms with Crippen LogP contribution in [-0.2, 0) is 9.53 Å². The van der Waals surface area contributed by atoms with Gasteiger partial charge in [-0.3, -0.25) is 4.79 Å². The molecule has 1 amide bonds. The molecule has 0 aliphatic carbocycles. The van der Waals surface area contributed by atoms with E-state index >= 15 is 0 Å². The van der Waals surface area contributed by atoms with E-state index < -0.39 is 0 Å².